The highest BCUT2D eigenvalue weighted by Gasteiger charge is 2.46. The maximum absolute atomic E-state index is 13.2. The molecule has 1 amide bonds. The predicted molar refractivity (Wildman–Crippen MR) is 137 cm³/mol. The molecule has 1 fully saturated rings. The lowest BCUT2D eigenvalue weighted by Crippen LogP contribution is -2.38. The van der Waals surface area contributed by atoms with Crippen molar-refractivity contribution in [1.82, 2.24) is 9.80 Å². The van der Waals surface area contributed by atoms with E-state index in [4.69, 9.17) is 9.47 Å². The van der Waals surface area contributed by atoms with Crippen LogP contribution in [0.3, 0.4) is 0 Å². The summed E-state index contributed by atoms with van der Waals surface area (Å²) in [5.41, 5.74) is 1.31. The minimum atomic E-state index is -0.683. The lowest BCUT2D eigenvalue weighted by atomic mass is 9.95. The molecule has 7 nitrogen and oxygen atoms in total. The molecule has 0 aromatic heterocycles. The molecule has 2 aromatic carbocycles. The molecule has 1 aliphatic rings. The first-order valence-corrected chi connectivity index (χ1v) is 12.4. The molecular weight excluding hydrogens is 444 g/mol. The summed E-state index contributed by atoms with van der Waals surface area (Å²) in [5, 5.41) is 11.2. The summed E-state index contributed by atoms with van der Waals surface area (Å²) in [5.74, 6) is -0.0635. The smallest absolute Gasteiger partial charge is 0.295 e. The minimum Gasteiger partial charge on any atom is -0.507 e. The highest BCUT2D eigenvalue weighted by molar-refractivity contribution is 6.46. The van der Waals surface area contributed by atoms with E-state index in [1.807, 2.05) is 38.1 Å². The second kappa shape index (κ2) is 12.4. The van der Waals surface area contributed by atoms with Crippen LogP contribution in [0.25, 0.3) is 5.76 Å². The van der Waals surface area contributed by atoms with E-state index in [-0.39, 0.29) is 11.3 Å². The summed E-state index contributed by atoms with van der Waals surface area (Å²) in [6.45, 7) is 11.9. The van der Waals surface area contributed by atoms with Crippen molar-refractivity contribution in [2.24, 2.45) is 0 Å². The van der Waals surface area contributed by atoms with Crippen molar-refractivity contribution in [3.63, 3.8) is 0 Å². The number of ketones is 1. The third-order valence-electron chi connectivity index (χ3n) is 6.20. The summed E-state index contributed by atoms with van der Waals surface area (Å²) in [6, 6.07) is 13.6. The molecule has 7 heteroatoms. The molecule has 0 bridgehead atoms. The van der Waals surface area contributed by atoms with Gasteiger partial charge in [0.1, 0.15) is 17.3 Å². The lowest BCUT2D eigenvalue weighted by molar-refractivity contribution is -0.140. The third kappa shape index (κ3) is 6.03. The van der Waals surface area contributed by atoms with Crippen LogP contribution in [0.1, 0.15) is 51.3 Å². The summed E-state index contributed by atoms with van der Waals surface area (Å²) in [6.07, 6.45) is 0.898. The number of carbonyl (C=O) groups excluding carboxylic acids is 2. The van der Waals surface area contributed by atoms with E-state index in [1.165, 1.54) is 0 Å². The summed E-state index contributed by atoms with van der Waals surface area (Å²) in [4.78, 5) is 30.1. The first-order valence-electron chi connectivity index (χ1n) is 12.4. The highest BCUT2D eigenvalue weighted by Crippen LogP contribution is 2.39. The number of Topliss-reactive ketones (excluding diaryl/α,β-unsaturated/α-hetero) is 1. The number of aliphatic hydroxyl groups is 1. The highest BCUT2D eigenvalue weighted by atomic mass is 16.5. The Kier molecular flexibility index (Phi) is 9.32. The van der Waals surface area contributed by atoms with Crippen molar-refractivity contribution >= 4 is 17.4 Å². The van der Waals surface area contributed by atoms with Crippen LogP contribution in [0, 0.1) is 0 Å². The van der Waals surface area contributed by atoms with Crippen LogP contribution in [0.15, 0.2) is 54.1 Å². The fraction of sp³-hybridized carbons (Fsp3) is 0.429. The molecule has 1 aliphatic heterocycles. The third-order valence-corrected chi connectivity index (χ3v) is 6.20. The zero-order valence-electron chi connectivity index (χ0n) is 21.1. The standard InChI is InChI=1S/C28H36N2O5/c1-5-19-35-23-13-9-20(10-14-23)25-24(26(31)21-11-15-22(16-12-21)34-8-4)27(32)28(33)30(25)18-17-29(6-2)7-3/h9-16,25,31H,5-8,17-19H2,1-4H3/b26-24+/t25-/m0/s1. The maximum atomic E-state index is 13.2. The van der Waals surface area contributed by atoms with E-state index < -0.39 is 17.7 Å². The fourth-order valence-electron chi connectivity index (χ4n) is 4.24. The maximum Gasteiger partial charge on any atom is 0.295 e. The van der Waals surface area contributed by atoms with Gasteiger partial charge in [-0.25, -0.2) is 0 Å². The Balaban J connectivity index is 2.03. The summed E-state index contributed by atoms with van der Waals surface area (Å²) in [7, 11) is 0. The van der Waals surface area contributed by atoms with Crippen molar-refractivity contribution in [2.45, 2.75) is 40.2 Å². The molecule has 0 radical (unpaired) electrons. The zero-order chi connectivity index (χ0) is 25.4. The quantitative estimate of drug-likeness (QED) is 0.271. The molecule has 1 heterocycles. The molecule has 2 aromatic rings. The number of carbonyl (C=O) groups is 2. The van der Waals surface area contributed by atoms with Crippen LogP contribution < -0.4 is 9.47 Å². The number of hydrogen-bond donors (Lipinski definition) is 1. The van der Waals surface area contributed by atoms with Crippen molar-refractivity contribution in [2.75, 3.05) is 39.4 Å². The van der Waals surface area contributed by atoms with Crippen molar-refractivity contribution < 1.29 is 24.2 Å². The SMILES string of the molecule is CCCOc1ccc([C@H]2/C(=C(\O)c3ccc(OCC)cc3)C(=O)C(=O)N2CCN(CC)CC)cc1. The number of hydrogen-bond acceptors (Lipinski definition) is 6. The topological polar surface area (TPSA) is 79.3 Å². The van der Waals surface area contributed by atoms with Gasteiger partial charge < -0.3 is 24.4 Å². The average molecular weight is 481 g/mol. The monoisotopic (exact) mass is 480 g/mol. The Morgan fingerprint density at radius 2 is 1.51 bits per heavy atom. The van der Waals surface area contributed by atoms with Gasteiger partial charge in [0.25, 0.3) is 11.7 Å². The van der Waals surface area contributed by atoms with E-state index in [2.05, 4.69) is 18.7 Å². The largest absolute Gasteiger partial charge is 0.507 e. The Labute approximate surface area is 207 Å². The Morgan fingerprint density at radius 1 is 0.914 bits per heavy atom. The number of nitrogens with zero attached hydrogens (tertiary/aromatic N) is 2. The van der Waals surface area contributed by atoms with Crippen LogP contribution in [0.5, 0.6) is 11.5 Å². The van der Waals surface area contributed by atoms with Gasteiger partial charge in [-0.1, -0.05) is 32.9 Å². The molecule has 188 valence electrons. The second-order valence-electron chi connectivity index (χ2n) is 8.39. The van der Waals surface area contributed by atoms with E-state index >= 15 is 0 Å². The van der Waals surface area contributed by atoms with E-state index in [9.17, 15) is 14.7 Å². The van der Waals surface area contributed by atoms with E-state index in [0.29, 0.717) is 37.6 Å². The van der Waals surface area contributed by atoms with Crippen LogP contribution >= 0.6 is 0 Å². The number of amides is 1. The van der Waals surface area contributed by atoms with E-state index in [0.717, 1.165) is 30.8 Å². The number of aliphatic hydroxyl groups excluding tert-OH is 1. The molecule has 0 spiro atoms. The van der Waals surface area contributed by atoms with Gasteiger partial charge >= 0.3 is 0 Å². The Morgan fingerprint density at radius 3 is 2.09 bits per heavy atom. The van der Waals surface area contributed by atoms with Gasteiger partial charge in [0.15, 0.2) is 0 Å². The molecular formula is C28H36N2O5. The molecule has 1 saturated heterocycles. The van der Waals surface area contributed by atoms with Gasteiger partial charge in [0.05, 0.1) is 24.8 Å². The number of ether oxygens (including phenoxy) is 2. The van der Waals surface area contributed by atoms with Crippen molar-refractivity contribution in [3.05, 3.63) is 65.2 Å². The number of rotatable bonds is 12. The van der Waals surface area contributed by atoms with Gasteiger partial charge in [-0.05, 0) is 68.4 Å². The Bertz CT molecular complexity index is 1030. The minimum absolute atomic E-state index is 0.0981. The summed E-state index contributed by atoms with van der Waals surface area (Å²) < 4.78 is 11.2. The molecule has 3 rings (SSSR count). The first kappa shape index (κ1) is 26.3. The van der Waals surface area contributed by atoms with Gasteiger partial charge in [0.2, 0.25) is 0 Å². The second-order valence-corrected chi connectivity index (χ2v) is 8.39. The predicted octanol–water partition coefficient (Wildman–Crippen LogP) is 4.64. The molecule has 1 N–H and O–H groups in total. The molecule has 35 heavy (non-hydrogen) atoms. The average Bonchev–Trinajstić information content (AvgIpc) is 3.13. The van der Waals surface area contributed by atoms with Crippen LogP contribution in [-0.2, 0) is 9.59 Å². The van der Waals surface area contributed by atoms with Crippen molar-refractivity contribution in [1.29, 1.82) is 0 Å². The number of likely N-dealkylation sites (N-methyl/N-ethyl adjacent to an activating group) is 1. The van der Waals surface area contributed by atoms with Gasteiger partial charge in [-0.2, -0.15) is 0 Å². The lowest BCUT2D eigenvalue weighted by Gasteiger charge is -2.28. The normalized spacial score (nSPS) is 17.3. The molecule has 0 unspecified atom stereocenters. The van der Waals surface area contributed by atoms with Crippen LogP contribution in [0.4, 0.5) is 0 Å². The summed E-state index contributed by atoms with van der Waals surface area (Å²) >= 11 is 0. The first-order chi connectivity index (χ1) is 16.9. The molecule has 0 saturated carbocycles. The molecule has 0 aliphatic carbocycles. The van der Waals surface area contributed by atoms with Gasteiger partial charge in [-0.3, -0.25) is 9.59 Å². The van der Waals surface area contributed by atoms with Crippen molar-refractivity contribution in [3.8, 4) is 11.5 Å². The zero-order valence-corrected chi connectivity index (χ0v) is 21.1. The van der Waals surface area contributed by atoms with Crippen LogP contribution in [-0.4, -0.2) is 66.0 Å². The van der Waals surface area contributed by atoms with Gasteiger partial charge in [-0.15, -0.1) is 0 Å². The Hall–Kier alpha value is -3.32. The number of benzene rings is 2. The van der Waals surface area contributed by atoms with Crippen LogP contribution in [0.2, 0.25) is 0 Å². The molecule has 1 atom stereocenters. The number of likely N-dealkylation sites (tertiary alicyclic amines) is 1. The van der Waals surface area contributed by atoms with Gasteiger partial charge in [0, 0.05) is 18.7 Å². The van der Waals surface area contributed by atoms with E-state index in [1.54, 1.807) is 29.2 Å². The fourth-order valence-corrected chi connectivity index (χ4v) is 4.24.